The third kappa shape index (κ3) is 7.74. The quantitative estimate of drug-likeness (QED) is 0.430. The number of thioether (sulfide) groups is 1. The molecule has 0 spiro atoms. The molecule has 2 N–H and O–H groups in total. The van der Waals surface area contributed by atoms with Crippen LogP contribution >= 0.6 is 23.5 Å². The molecule has 8 heteroatoms. The average molecular weight is 461 g/mol. The Morgan fingerprint density at radius 1 is 1.06 bits per heavy atom. The second-order valence-corrected chi connectivity index (χ2v) is 9.59. The minimum absolute atomic E-state index is 0.384. The van der Waals surface area contributed by atoms with E-state index in [1.807, 2.05) is 23.5 Å². The van der Waals surface area contributed by atoms with E-state index in [0.717, 1.165) is 6.54 Å². The Morgan fingerprint density at radius 2 is 1.68 bits per heavy atom. The second kappa shape index (κ2) is 12.0. The van der Waals surface area contributed by atoms with Gasteiger partial charge in [-0.15, -0.1) is 11.8 Å². The highest BCUT2D eigenvalue weighted by atomic mass is 32.2. The predicted molar refractivity (Wildman–Crippen MR) is 120 cm³/mol. The zero-order valence-electron chi connectivity index (χ0n) is 18.1. The van der Waals surface area contributed by atoms with Gasteiger partial charge in [-0.05, 0) is 36.6 Å². The predicted octanol–water partition coefficient (Wildman–Crippen LogP) is -0.456. The Balaban J connectivity index is 0.000000366. The molecule has 1 heterocycles. The van der Waals surface area contributed by atoms with E-state index < -0.39 is 11.9 Å². The van der Waals surface area contributed by atoms with Gasteiger partial charge in [-0.3, -0.25) is 4.90 Å². The molecule has 0 saturated heterocycles. The molecule has 3 rings (SSSR count). The molecule has 2 aromatic rings. The van der Waals surface area contributed by atoms with Crippen LogP contribution in [0.5, 0.6) is 0 Å². The number of para-hydroxylation sites is 1. The van der Waals surface area contributed by atoms with Crippen molar-refractivity contribution in [3.63, 3.8) is 0 Å². The van der Waals surface area contributed by atoms with Crippen molar-refractivity contribution in [2.45, 2.75) is 21.6 Å². The Morgan fingerprint density at radius 3 is 2.26 bits per heavy atom. The van der Waals surface area contributed by atoms with Crippen molar-refractivity contribution in [3.05, 3.63) is 54.6 Å². The van der Waals surface area contributed by atoms with Gasteiger partial charge in [0.05, 0.1) is 54.8 Å². The molecule has 2 unspecified atom stereocenters. The topological polar surface area (TPSA) is 89.1 Å². The number of carboxylic acid groups (broad SMARTS) is 2. The molecular weight excluding hydrogens is 432 g/mol. The van der Waals surface area contributed by atoms with Crippen LogP contribution in [0.3, 0.4) is 0 Å². The van der Waals surface area contributed by atoms with Gasteiger partial charge in [0.1, 0.15) is 5.69 Å². The first-order valence-corrected chi connectivity index (χ1v) is 12.0. The lowest BCUT2D eigenvalue weighted by Gasteiger charge is -2.29. The summed E-state index contributed by atoms with van der Waals surface area (Å²) in [6.45, 7) is 4.73. The fourth-order valence-electron chi connectivity index (χ4n) is 3.50. The van der Waals surface area contributed by atoms with E-state index in [-0.39, 0.29) is 0 Å². The fraction of sp³-hybridized carbons (Fsp3) is 0.304. The Kier molecular flexibility index (Phi) is 9.64. The van der Waals surface area contributed by atoms with E-state index in [9.17, 15) is 19.8 Å². The maximum atomic E-state index is 9.41. The Hall–Kier alpha value is -2.26. The summed E-state index contributed by atoms with van der Waals surface area (Å²) in [4.78, 5) is 26.0. The maximum Gasteiger partial charge on any atom is 0.151 e. The molecule has 1 aliphatic rings. The number of carbonyl (C=O) groups excluding carboxylic acids is 2. The van der Waals surface area contributed by atoms with E-state index in [4.69, 9.17) is 0 Å². The molecule has 0 aromatic heterocycles. The molecule has 31 heavy (non-hydrogen) atoms. The van der Waals surface area contributed by atoms with E-state index in [1.165, 1.54) is 42.4 Å². The van der Waals surface area contributed by atoms with Crippen molar-refractivity contribution in [3.8, 4) is 0 Å². The number of quaternary nitrogens is 2. The largest absolute Gasteiger partial charge is 0.545 e. The van der Waals surface area contributed by atoms with E-state index >= 15 is 0 Å². The standard InChI is InChI=1S/C19H24N2S2.C4H4O4/c1-14(12-20(2)3)13-21-16-7-5-6-8-18(16)23-19-10-9-15(22-4)11-17(19)21;5-3(6)1-2-4(7)8/h5-11,14H,12-13H2,1-4H3;1-2H,(H,5,6)(H,7,8). The molecule has 1 aliphatic heterocycles. The molecule has 6 nitrogen and oxygen atoms in total. The average Bonchev–Trinajstić information content (AvgIpc) is 2.71. The number of carbonyl (C=O) groups is 2. The molecule has 2 atom stereocenters. The number of rotatable bonds is 7. The highest BCUT2D eigenvalue weighted by Crippen LogP contribution is 2.41. The Labute approximate surface area is 191 Å². The van der Waals surface area contributed by atoms with E-state index in [1.54, 1.807) is 0 Å². The third-order valence-electron chi connectivity index (χ3n) is 4.61. The van der Waals surface area contributed by atoms with Crippen LogP contribution in [0.15, 0.2) is 69.3 Å². The molecular formula is C23H28N2O4S2. The summed E-state index contributed by atoms with van der Waals surface area (Å²) in [5.74, 6) is -2.42. The van der Waals surface area contributed by atoms with E-state index in [0.29, 0.717) is 18.1 Å². The van der Waals surface area contributed by atoms with Gasteiger partial charge in [0.2, 0.25) is 0 Å². The van der Waals surface area contributed by atoms with Crippen molar-refractivity contribution in [2.75, 3.05) is 33.4 Å². The van der Waals surface area contributed by atoms with Crippen LogP contribution in [0.4, 0.5) is 11.4 Å². The first-order valence-electron chi connectivity index (χ1n) is 9.91. The number of hydrogen-bond acceptors (Lipinski definition) is 6. The van der Waals surface area contributed by atoms with Crippen LogP contribution in [-0.4, -0.2) is 45.4 Å². The number of aliphatic carboxylic acids is 2. The number of hydrogen-bond donors (Lipinski definition) is 2. The van der Waals surface area contributed by atoms with Crippen molar-refractivity contribution in [1.29, 1.82) is 0 Å². The van der Waals surface area contributed by atoms with Gasteiger partial charge in [-0.25, -0.2) is 0 Å². The van der Waals surface area contributed by atoms with Crippen LogP contribution in [0.25, 0.3) is 0 Å². The summed E-state index contributed by atoms with van der Waals surface area (Å²) in [7, 11) is 4.48. The van der Waals surface area contributed by atoms with Gasteiger partial charge in [0.25, 0.3) is 0 Å². The minimum atomic E-state index is -1.55. The zero-order chi connectivity index (χ0) is 23.0. The maximum absolute atomic E-state index is 9.41. The van der Waals surface area contributed by atoms with Gasteiger partial charge >= 0.3 is 0 Å². The van der Waals surface area contributed by atoms with Gasteiger partial charge in [0.15, 0.2) is 5.69 Å². The van der Waals surface area contributed by atoms with Gasteiger partial charge in [-0.1, -0.05) is 30.8 Å². The monoisotopic (exact) mass is 460 g/mol. The zero-order valence-corrected chi connectivity index (χ0v) is 19.8. The summed E-state index contributed by atoms with van der Waals surface area (Å²) in [6.07, 6.45) is 2.92. The highest BCUT2D eigenvalue weighted by Gasteiger charge is 2.30. The van der Waals surface area contributed by atoms with Gasteiger partial charge < -0.3 is 24.7 Å². The second-order valence-electron chi connectivity index (χ2n) is 7.63. The van der Waals surface area contributed by atoms with Crippen molar-refractivity contribution in [1.82, 2.24) is 0 Å². The van der Waals surface area contributed by atoms with Crippen molar-refractivity contribution < 1.29 is 29.6 Å². The lowest BCUT2D eigenvalue weighted by molar-refractivity contribution is -0.867. The summed E-state index contributed by atoms with van der Waals surface area (Å²) in [5, 5.41) is 18.8. The molecule has 0 saturated carbocycles. The van der Waals surface area contributed by atoms with Gasteiger partial charge in [0, 0.05) is 17.0 Å². The van der Waals surface area contributed by atoms with Crippen molar-refractivity contribution in [2.24, 2.45) is 5.92 Å². The molecule has 0 fully saturated rings. The first kappa shape index (κ1) is 25.0. The van der Waals surface area contributed by atoms with Crippen LogP contribution in [0, 0.1) is 5.92 Å². The van der Waals surface area contributed by atoms with E-state index in [2.05, 4.69) is 69.7 Å². The number of fused-ring (bicyclic) bond motifs is 2. The summed E-state index contributed by atoms with van der Waals surface area (Å²) in [6, 6.07) is 15.8. The third-order valence-corrected chi connectivity index (χ3v) is 6.49. The first-order chi connectivity index (χ1) is 14.7. The van der Waals surface area contributed by atoms with Gasteiger partial charge in [-0.2, -0.15) is 0 Å². The highest BCUT2D eigenvalue weighted by molar-refractivity contribution is 7.99. The summed E-state index contributed by atoms with van der Waals surface area (Å²) < 4.78 is 0. The molecule has 166 valence electrons. The lowest BCUT2D eigenvalue weighted by atomic mass is 10.1. The number of nitrogens with one attached hydrogen (secondary N) is 2. The van der Waals surface area contributed by atoms with Crippen LogP contribution in [0.2, 0.25) is 0 Å². The smallest absolute Gasteiger partial charge is 0.151 e. The molecule has 0 amide bonds. The SMILES string of the molecule is CSc1ccc2c(c1)[NH+](CC(C)C[NH+](C)C)c1ccccc1S2.O=C([O-])C=CC(=O)[O-]. The minimum Gasteiger partial charge on any atom is -0.545 e. The van der Waals surface area contributed by atoms with Crippen LogP contribution < -0.4 is 20.0 Å². The summed E-state index contributed by atoms with van der Waals surface area (Å²) >= 11 is 3.74. The van der Waals surface area contributed by atoms with Crippen LogP contribution in [0.1, 0.15) is 6.92 Å². The normalized spacial score (nSPS) is 15.6. The molecule has 0 radical (unpaired) electrons. The summed E-state index contributed by atoms with van der Waals surface area (Å²) in [5.41, 5.74) is 2.88. The molecule has 2 aromatic carbocycles. The number of carboxylic acids is 2. The fourth-order valence-corrected chi connectivity index (χ4v) is 5.06. The molecule has 0 bridgehead atoms. The molecule has 0 aliphatic carbocycles. The Bertz CT molecular complexity index is 931. The van der Waals surface area contributed by atoms with Crippen molar-refractivity contribution >= 4 is 46.8 Å². The lowest BCUT2D eigenvalue weighted by Crippen LogP contribution is -3.09. The van der Waals surface area contributed by atoms with Crippen LogP contribution in [-0.2, 0) is 9.59 Å². The number of benzene rings is 2.